The highest BCUT2D eigenvalue weighted by Gasteiger charge is 2.25. The molecule has 0 aliphatic heterocycles. The Bertz CT molecular complexity index is 1580. The fourth-order valence-electron chi connectivity index (χ4n) is 3.60. The summed E-state index contributed by atoms with van der Waals surface area (Å²) in [6.45, 7) is 0. The third-order valence-electron chi connectivity index (χ3n) is 5.28. The fraction of sp³-hybridized carbons (Fsp3) is 0.0385. The van der Waals surface area contributed by atoms with Gasteiger partial charge in [-0.3, -0.25) is 9.59 Å². The average Bonchev–Trinajstić information content (AvgIpc) is 3.21. The standard InChI is InChI=1S/C26H17NO6/c1-31-17-12-10-15(11-13-17)23(28)24-22(18-7-3-5-9-21(18)32-24)27-25(29)19-14-16-6-2-4-8-20(16)33-26(19)30/h2-14H,1H3,(H,27,29). The van der Waals surface area contributed by atoms with Gasteiger partial charge in [-0.2, -0.15) is 0 Å². The van der Waals surface area contributed by atoms with Crippen molar-refractivity contribution in [3.63, 3.8) is 0 Å². The highest BCUT2D eigenvalue weighted by molar-refractivity contribution is 6.19. The highest BCUT2D eigenvalue weighted by atomic mass is 16.5. The maximum Gasteiger partial charge on any atom is 0.349 e. The third kappa shape index (κ3) is 3.65. The number of ether oxygens (including phenoxy) is 1. The van der Waals surface area contributed by atoms with Crippen LogP contribution in [0.4, 0.5) is 5.69 Å². The lowest BCUT2D eigenvalue weighted by molar-refractivity contribution is 0.101. The predicted octanol–water partition coefficient (Wildman–Crippen LogP) is 5.03. The van der Waals surface area contributed by atoms with Gasteiger partial charge in [0.25, 0.3) is 5.91 Å². The summed E-state index contributed by atoms with van der Waals surface area (Å²) < 4.78 is 16.2. The van der Waals surface area contributed by atoms with Crippen LogP contribution in [0, 0.1) is 0 Å². The van der Waals surface area contributed by atoms with E-state index in [1.807, 2.05) is 0 Å². The lowest BCUT2D eigenvalue weighted by Crippen LogP contribution is -2.21. The number of methoxy groups -OCH3 is 1. The molecule has 2 heterocycles. The second-order valence-corrected chi connectivity index (χ2v) is 7.30. The van der Waals surface area contributed by atoms with Crippen molar-refractivity contribution in [3.05, 3.63) is 106 Å². The number of hydrogen-bond acceptors (Lipinski definition) is 6. The molecule has 3 aromatic carbocycles. The Morgan fingerprint density at radius 3 is 2.30 bits per heavy atom. The van der Waals surface area contributed by atoms with Crippen molar-refractivity contribution in [3.8, 4) is 5.75 Å². The van der Waals surface area contributed by atoms with E-state index in [9.17, 15) is 14.4 Å². The summed E-state index contributed by atoms with van der Waals surface area (Å²) >= 11 is 0. The molecule has 33 heavy (non-hydrogen) atoms. The molecule has 0 saturated heterocycles. The number of amides is 1. The molecule has 0 aliphatic carbocycles. The average molecular weight is 439 g/mol. The summed E-state index contributed by atoms with van der Waals surface area (Å²) in [6.07, 6.45) is 0. The topological polar surface area (TPSA) is 98.8 Å². The number of ketones is 1. The van der Waals surface area contributed by atoms with Gasteiger partial charge < -0.3 is 18.9 Å². The Morgan fingerprint density at radius 1 is 0.848 bits per heavy atom. The van der Waals surface area contributed by atoms with Crippen LogP contribution in [0.3, 0.4) is 0 Å². The zero-order chi connectivity index (χ0) is 22.9. The number of fused-ring (bicyclic) bond motifs is 2. The smallest absolute Gasteiger partial charge is 0.349 e. The number of benzene rings is 3. The highest BCUT2D eigenvalue weighted by Crippen LogP contribution is 2.33. The number of rotatable bonds is 5. The van der Waals surface area contributed by atoms with Crippen molar-refractivity contribution in [2.24, 2.45) is 0 Å². The van der Waals surface area contributed by atoms with Crippen LogP contribution in [-0.4, -0.2) is 18.8 Å². The lowest BCUT2D eigenvalue weighted by atomic mass is 10.1. The number of anilines is 1. The quantitative estimate of drug-likeness (QED) is 0.305. The van der Waals surface area contributed by atoms with Crippen molar-refractivity contribution in [2.45, 2.75) is 0 Å². The Labute approximate surface area is 187 Å². The van der Waals surface area contributed by atoms with Crippen LogP contribution in [0.1, 0.15) is 26.5 Å². The van der Waals surface area contributed by atoms with Crippen LogP contribution in [0.2, 0.25) is 0 Å². The van der Waals surface area contributed by atoms with Crippen molar-refractivity contribution in [1.29, 1.82) is 0 Å². The first-order chi connectivity index (χ1) is 16.0. The van der Waals surface area contributed by atoms with Gasteiger partial charge in [-0.25, -0.2) is 4.79 Å². The summed E-state index contributed by atoms with van der Waals surface area (Å²) in [5.74, 6) is -0.563. The number of furan rings is 1. The molecule has 0 atom stereocenters. The van der Waals surface area contributed by atoms with Gasteiger partial charge in [0.05, 0.1) is 12.8 Å². The van der Waals surface area contributed by atoms with Gasteiger partial charge in [0.15, 0.2) is 5.76 Å². The van der Waals surface area contributed by atoms with Gasteiger partial charge in [0, 0.05) is 16.3 Å². The van der Waals surface area contributed by atoms with Crippen molar-refractivity contribution in [2.75, 3.05) is 12.4 Å². The van der Waals surface area contributed by atoms with E-state index in [2.05, 4.69) is 5.32 Å². The van der Waals surface area contributed by atoms with E-state index >= 15 is 0 Å². The molecule has 0 saturated carbocycles. The maximum atomic E-state index is 13.2. The first kappa shape index (κ1) is 20.3. The summed E-state index contributed by atoms with van der Waals surface area (Å²) in [7, 11) is 1.53. The SMILES string of the molecule is COc1ccc(C(=O)c2oc3ccccc3c2NC(=O)c2cc3ccccc3oc2=O)cc1. The van der Waals surface area contributed by atoms with E-state index in [4.69, 9.17) is 13.6 Å². The molecule has 5 rings (SSSR count). The normalized spacial score (nSPS) is 10.9. The first-order valence-electron chi connectivity index (χ1n) is 10.1. The van der Waals surface area contributed by atoms with Gasteiger partial charge in [-0.1, -0.05) is 30.3 Å². The Hall–Kier alpha value is -4.65. The number of para-hydroxylation sites is 2. The second-order valence-electron chi connectivity index (χ2n) is 7.30. The minimum Gasteiger partial charge on any atom is -0.497 e. The number of carbonyl (C=O) groups excluding carboxylic acids is 2. The molecule has 0 fully saturated rings. The molecule has 0 radical (unpaired) electrons. The third-order valence-corrected chi connectivity index (χ3v) is 5.28. The van der Waals surface area contributed by atoms with Crippen LogP contribution in [0.5, 0.6) is 5.75 Å². The second kappa shape index (κ2) is 8.12. The molecule has 5 aromatic rings. The summed E-state index contributed by atoms with van der Waals surface area (Å²) in [6, 6.07) is 21.8. The maximum absolute atomic E-state index is 13.2. The van der Waals surface area contributed by atoms with Crippen LogP contribution >= 0.6 is 0 Å². The Kier molecular flexibility index (Phi) is 4.99. The zero-order valence-electron chi connectivity index (χ0n) is 17.5. The number of nitrogens with one attached hydrogen (secondary N) is 1. The van der Waals surface area contributed by atoms with Gasteiger partial charge in [0.1, 0.15) is 22.5 Å². The summed E-state index contributed by atoms with van der Waals surface area (Å²) in [4.78, 5) is 38.7. The Morgan fingerprint density at radius 2 is 1.55 bits per heavy atom. The predicted molar refractivity (Wildman–Crippen MR) is 123 cm³/mol. The molecule has 2 aromatic heterocycles. The largest absolute Gasteiger partial charge is 0.497 e. The van der Waals surface area contributed by atoms with E-state index in [0.29, 0.717) is 33.3 Å². The van der Waals surface area contributed by atoms with Crippen molar-refractivity contribution in [1.82, 2.24) is 0 Å². The van der Waals surface area contributed by atoms with Crippen molar-refractivity contribution >= 4 is 39.3 Å². The molecule has 0 unspecified atom stereocenters. The Balaban J connectivity index is 1.58. The molecule has 1 amide bonds. The van der Waals surface area contributed by atoms with E-state index in [0.717, 1.165) is 0 Å². The number of carbonyl (C=O) groups is 2. The van der Waals surface area contributed by atoms with Gasteiger partial charge in [-0.05, 0) is 48.5 Å². The molecular formula is C26H17NO6. The molecule has 7 nitrogen and oxygen atoms in total. The zero-order valence-corrected chi connectivity index (χ0v) is 17.5. The van der Waals surface area contributed by atoms with Gasteiger partial charge in [0.2, 0.25) is 5.78 Å². The number of hydrogen-bond donors (Lipinski definition) is 1. The van der Waals surface area contributed by atoms with Crippen LogP contribution in [0.25, 0.3) is 21.9 Å². The van der Waals surface area contributed by atoms with Gasteiger partial charge in [-0.15, -0.1) is 0 Å². The molecule has 1 N–H and O–H groups in total. The molecule has 0 spiro atoms. The van der Waals surface area contributed by atoms with Crippen molar-refractivity contribution < 1.29 is 23.2 Å². The fourth-order valence-corrected chi connectivity index (χ4v) is 3.60. The summed E-state index contributed by atoms with van der Waals surface area (Å²) in [5.41, 5.74) is 0.391. The molecule has 7 heteroatoms. The lowest BCUT2D eigenvalue weighted by Gasteiger charge is -2.07. The van der Waals surface area contributed by atoms with Crippen LogP contribution in [-0.2, 0) is 0 Å². The van der Waals surface area contributed by atoms with E-state index in [1.54, 1.807) is 72.8 Å². The van der Waals surface area contributed by atoms with E-state index < -0.39 is 17.3 Å². The first-order valence-corrected chi connectivity index (χ1v) is 10.1. The van der Waals surface area contributed by atoms with Crippen LogP contribution in [0.15, 0.2) is 92.5 Å². The minimum absolute atomic E-state index is 0.0418. The molecular weight excluding hydrogens is 422 g/mol. The van der Waals surface area contributed by atoms with E-state index in [-0.39, 0.29) is 17.0 Å². The molecule has 0 bridgehead atoms. The monoisotopic (exact) mass is 439 g/mol. The molecule has 0 aliphatic rings. The molecule has 162 valence electrons. The van der Waals surface area contributed by atoms with E-state index in [1.165, 1.54) is 13.2 Å². The van der Waals surface area contributed by atoms with Gasteiger partial charge >= 0.3 is 5.63 Å². The van der Waals surface area contributed by atoms with Crippen LogP contribution < -0.4 is 15.7 Å². The summed E-state index contributed by atoms with van der Waals surface area (Å²) in [5, 5.41) is 3.83. The minimum atomic E-state index is -0.776.